The van der Waals surface area contributed by atoms with Crippen LogP contribution in [-0.2, 0) is 7.05 Å². The van der Waals surface area contributed by atoms with Crippen LogP contribution in [0, 0.1) is 6.92 Å². The van der Waals surface area contributed by atoms with Crippen molar-refractivity contribution in [3.05, 3.63) is 48.2 Å². The van der Waals surface area contributed by atoms with Crippen molar-refractivity contribution >= 4 is 16.6 Å². The number of hydrogen-bond acceptors (Lipinski definition) is 2. The predicted molar refractivity (Wildman–Crippen MR) is 75.3 cm³/mol. The Morgan fingerprint density at radius 3 is 2.67 bits per heavy atom. The van der Waals surface area contributed by atoms with Gasteiger partial charge < -0.3 is 10.3 Å². The third-order valence-electron chi connectivity index (χ3n) is 3.35. The van der Waals surface area contributed by atoms with Gasteiger partial charge in [-0.15, -0.1) is 0 Å². The highest BCUT2D eigenvalue weighted by Crippen LogP contribution is 2.28. The average Bonchev–Trinajstić information content (AvgIpc) is 2.70. The van der Waals surface area contributed by atoms with Gasteiger partial charge in [-0.05, 0) is 36.8 Å². The lowest BCUT2D eigenvalue weighted by Crippen LogP contribution is -1.94. The molecule has 0 amide bonds. The Morgan fingerprint density at radius 1 is 1.17 bits per heavy atom. The average molecular weight is 237 g/mol. The summed E-state index contributed by atoms with van der Waals surface area (Å²) < 4.78 is 2.17. The number of pyridine rings is 1. The Morgan fingerprint density at radius 2 is 2.00 bits per heavy atom. The van der Waals surface area contributed by atoms with Crippen LogP contribution in [0.4, 0.5) is 5.69 Å². The SMILES string of the molecule is Cc1cccc2c1cc(-c1ccc(N)cn1)n2C. The molecule has 0 saturated heterocycles. The molecule has 0 aliphatic heterocycles. The molecule has 2 aromatic heterocycles. The molecule has 0 fully saturated rings. The van der Waals surface area contributed by atoms with Crippen LogP contribution in [0.15, 0.2) is 42.6 Å². The fourth-order valence-corrected chi connectivity index (χ4v) is 2.31. The Kier molecular flexibility index (Phi) is 2.33. The largest absolute Gasteiger partial charge is 0.397 e. The fraction of sp³-hybridized carbons (Fsp3) is 0.133. The van der Waals surface area contributed by atoms with Gasteiger partial charge in [0.05, 0.1) is 23.3 Å². The minimum absolute atomic E-state index is 0.689. The lowest BCUT2D eigenvalue weighted by Gasteiger charge is -2.03. The van der Waals surface area contributed by atoms with E-state index in [1.54, 1.807) is 6.20 Å². The first-order valence-electron chi connectivity index (χ1n) is 5.94. The number of nitrogen functional groups attached to an aromatic ring is 1. The normalized spacial score (nSPS) is 11.0. The van der Waals surface area contributed by atoms with E-state index >= 15 is 0 Å². The highest BCUT2D eigenvalue weighted by molar-refractivity contribution is 5.89. The van der Waals surface area contributed by atoms with E-state index in [2.05, 4.69) is 47.8 Å². The molecule has 2 heterocycles. The van der Waals surface area contributed by atoms with Crippen LogP contribution >= 0.6 is 0 Å². The lowest BCUT2D eigenvalue weighted by atomic mass is 10.1. The Hall–Kier alpha value is -2.29. The highest BCUT2D eigenvalue weighted by Gasteiger charge is 2.09. The van der Waals surface area contributed by atoms with Crippen LogP contribution < -0.4 is 5.73 Å². The number of anilines is 1. The van der Waals surface area contributed by atoms with E-state index in [9.17, 15) is 0 Å². The first-order chi connectivity index (χ1) is 8.66. The predicted octanol–water partition coefficient (Wildman–Crippen LogP) is 3.13. The molecule has 3 rings (SSSR count). The second-order valence-corrected chi connectivity index (χ2v) is 4.57. The Labute approximate surface area is 106 Å². The zero-order valence-corrected chi connectivity index (χ0v) is 10.5. The molecule has 0 atom stereocenters. The van der Waals surface area contributed by atoms with E-state index < -0.39 is 0 Å². The van der Waals surface area contributed by atoms with Gasteiger partial charge >= 0.3 is 0 Å². The topological polar surface area (TPSA) is 43.8 Å². The van der Waals surface area contributed by atoms with E-state index in [0.29, 0.717) is 5.69 Å². The van der Waals surface area contributed by atoms with Crippen LogP contribution in [-0.4, -0.2) is 9.55 Å². The zero-order valence-electron chi connectivity index (χ0n) is 10.5. The van der Waals surface area contributed by atoms with Gasteiger partial charge in [0, 0.05) is 18.0 Å². The number of aromatic nitrogens is 2. The molecule has 3 heteroatoms. The second-order valence-electron chi connectivity index (χ2n) is 4.57. The van der Waals surface area contributed by atoms with Crippen LogP contribution in [0.25, 0.3) is 22.3 Å². The van der Waals surface area contributed by atoms with Crippen molar-refractivity contribution in [3.8, 4) is 11.4 Å². The minimum atomic E-state index is 0.689. The van der Waals surface area contributed by atoms with Crippen molar-refractivity contribution in [1.29, 1.82) is 0 Å². The van der Waals surface area contributed by atoms with Gasteiger partial charge in [0.1, 0.15) is 0 Å². The molecule has 3 nitrogen and oxygen atoms in total. The van der Waals surface area contributed by atoms with Crippen molar-refractivity contribution in [2.24, 2.45) is 7.05 Å². The molecule has 0 radical (unpaired) electrons. The molecule has 3 aromatic rings. The maximum atomic E-state index is 5.67. The van der Waals surface area contributed by atoms with Crippen LogP contribution in [0.5, 0.6) is 0 Å². The summed E-state index contributed by atoms with van der Waals surface area (Å²) in [5.41, 5.74) is 10.9. The molecule has 0 bridgehead atoms. The van der Waals surface area contributed by atoms with E-state index in [1.807, 2.05) is 12.1 Å². The van der Waals surface area contributed by atoms with Gasteiger partial charge in [0.25, 0.3) is 0 Å². The Bertz CT molecular complexity index is 708. The van der Waals surface area contributed by atoms with Crippen molar-refractivity contribution in [1.82, 2.24) is 9.55 Å². The zero-order chi connectivity index (χ0) is 12.7. The second kappa shape index (κ2) is 3.88. The van der Waals surface area contributed by atoms with Gasteiger partial charge in [-0.25, -0.2) is 0 Å². The third kappa shape index (κ3) is 1.56. The summed E-state index contributed by atoms with van der Waals surface area (Å²) in [5.74, 6) is 0. The molecule has 0 saturated carbocycles. The number of benzene rings is 1. The van der Waals surface area contributed by atoms with Gasteiger partial charge in [0.2, 0.25) is 0 Å². The summed E-state index contributed by atoms with van der Waals surface area (Å²) in [6.07, 6.45) is 1.69. The van der Waals surface area contributed by atoms with Crippen molar-refractivity contribution < 1.29 is 0 Å². The first-order valence-corrected chi connectivity index (χ1v) is 5.94. The number of rotatable bonds is 1. The van der Waals surface area contributed by atoms with E-state index in [0.717, 1.165) is 11.4 Å². The maximum Gasteiger partial charge on any atom is 0.0868 e. The van der Waals surface area contributed by atoms with E-state index in [1.165, 1.54) is 16.5 Å². The maximum absolute atomic E-state index is 5.67. The van der Waals surface area contributed by atoms with Gasteiger partial charge in [0.15, 0.2) is 0 Å². The van der Waals surface area contributed by atoms with Crippen LogP contribution in [0.1, 0.15) is 5.56 Å². The molecular weight excluding hydrogens is 222 g/mol. The Balaban J connectivity index is 2.27. The van der Waals surface area contributed by atoms with Gasteiger partial charge in [-0.3, -0.25) is 4.98 Å². The quantitative estimate of drug-likeness (QED) is 0.706. The van der Waals surface area contributed by atoms with Crippen LogP contribution in [0.2, 0.25) is 0 Å². The molecule has 2 N–H and O–H groups in total. The van der Waals surface area contributed by atoms with E-state index in [-0.39, 0.29) is 0 Å². The summed E-state index contributed by atoms with van der Waals surface area (Å²) in [7, 11) is 2.06. The number of fused-ring (bicyclic) bond motifs is 1. The molecule has 18 heavy (non-hydrogen) atoms. The molecule has 1 aromatic carbocycles. The van der Waals surface area contributed by atoms with Gasteiger partial charge in [-0.1, -0.05) is 12.1 Å². The molecule has 0 unspecified atom stereocenters. The molecular formula is C15H15N3. The number of nitrogens with zero attached hydrogens (tertiary/aromatic N) is 2. The molecule has 0 spiro atoms. The van der Waals surface area contributed by atoms with Crippen molar-refractivity contribution in [3.63, 3.8) is 0 Å². The molecule has 0 aliphatic rings. The first kappa shape index (κ1) is 10.8. The number of nitrogens with two attached hydrogens (primary N) is 1. The highest BCUT2D eigenvalue weighted by atomic mass is 15.0. The minimum Gasteiger partial charge on any atom is -0.397 e. The summed E-state index contributed by atoms with van der Waals surface area (Å²) in [4.78, 5) is 4.39. The summed E-state index contributed by atoms with van der Waals surface area (Å²) in [6, 6.07) is 12.4. The summed E-state index contributed by atoms with van der Waals surface area (Å²) >= 11 is 0. The summed E-state index contributed by atoms with van der Waals surface area (Å²) in [6.45, 7) is 2.13. The summed E-state index contributed by atoms with van der Waals surface area (Å²) in [5, 5.41) is 1.27. The standard InChI is InChI=1S/C15H15N3/c1-10-4-3-5-14-12(10)8-15(18(14)2)13-7-6-11(16)9-17-13/h3-9H,16H2,1-2H3. The fourth-order valence-electron chi connectivity index (χ4n) is 2.31. The van der Waals surface area contributed by atoms with Crippen molar-refractivity contribution in [2.45, 2.75) is 6.92 Å². The third-order valence-corrected chi connectivity index (χ3v) is 3.35. The van der Waals surface area contributed by atoms with Gasteiger partial charge in [-0.2, -0.15) is 0 Å². The number of hydrogen-bond donors (Lipinski definition) is 1. The lowest BCUT2D eigenvalue weighted by molar-refractivity contribution is 0.970. The number of aryl methyl sites for hydroxylation is 2. The molecule has 0 aliphatic carbocycles. The smallest absolute Gasteiger partial charge is 0.0868 e. The monoisotopic (exact) mass is 237 g/mol. The molecule has 90 valence electrons. The van der Waals surface area contributed by atoms with Crippen LogP contribution in [0.3, 0.4) is 0 Å². The van der Waals surface area contributed by atoms with Crippen molar-refractivity contribution in [2.75, 3.05) is 5.73 Å². The van der Waals surface area contributed by atoms with E-state index in [4.69, 9.17) is 5.73 Å².